The third kappa shape index (κ3) is 5.43. The number of halogens is 5. The van der Waals surface area contributed by atoms with E-state index in [-0.39, 0.29) is 0 Å². The lowest BCUT2D eigenvalue weighted by Crippen LogP contribution is -3.07. The third-order valence-corrected chi connectivity index (χ3v) is 4.20. The van der Waals surface area contributed by atoms with Gasteiger partial charge in [-0.15, -0.1) is 0 Å². The number of unbranched alkanes of at least 4 members (excludes halogenated alkanes) is 6. The van der Waals surface area contributed by atoms with Crippen molar-refractivity contribution >= 4 is 5.69 Å². The highest BCUT2D eigenvalue weighted by molar-refractivity contribution is 5.35. The van der Waals surface area contributed by atoms with Gasteiger partial charge >= 0.3 is 0 Å². The maximum Gasteiger partial charge on any atom is 0.225 e. The van der Waals surface area contributed by atoms with Crippen molar-refractivity contribution < 1.29 is 26.9 Å². The van der Waals surface area contributed by atoms with Gasteiger partial charge in [0.25, 0.3) is 0 Å². The van der Waals surface area contributed by atoms with Crippen LogP contribution in [-0.2, 0) is 0 Å². The first-order valence-corrected chi connectivity index (χ1v) is 8.82. The zero-order valence-electron chi connectivity index (χ0n) is 14.5. The summed E-state index contributed by atoms with van der Waals surface area (Å²) in [6, 6.07) is 0. The van der Waals surface area contributed by atoms with Crippen LogP contribution in [0.1, 0.15) is 65.2 Å². The van der Waals surface area contributed by atoms with E-state index in [1.807, 2.05) is 6.92 Å². The molecule has 1 aromatic carbocycles. The smallest absolute Gasteiger partial charge is 0.225 e. The molecule has 1 aromatic rings. The van der Waals surface area contributed by atoms with Crippen LogP contribution in [0, 0.1) is 29.1 Å². The predicted octanol–water partition coefficient (Wildman–Crippen LogP) is 5.06. The molecule has 0 heterocycles. The molecule has 0 radical (unpaired) electrons. The van der Waals surface area contributed by atoms with Crippen LogP contribution in [0.5, 0.6) is 0 Å². The first kappa shape index (κ1) is 20.9. The zero-order valence-corrected chi connectivity index (χ0v) is 14.5. The Kier molecular flexibility index (Phi) is 9.26. The maximum atomic E-state index is 13.9. The normalized spacial score (nSPS) is 12.6. The fourth-order valence-electron chi connectivity index (χ4n) is 2.89. The summed E-state index contributed by atoms with van der Waals surface area (Å²) in [7, 11) is 0. The van der Waals surface area contributed by atoms with Crippen LogP contribution in [0.4, 0.5) is 27.6 Å². The van der Waals surface area contributed by atoms with E-state index in [0.29, 0.717) is 30.8 Å². The number of rotatable bonds is 11. The standard InChI is InChI=1S/C18H26F5N/c1-3-5-6-7-8-9-10-12-24(11-4-2)18-16(22)14(20)13(19)15(21)17(18)23/h3-12H2,1-2H3/p+1. The molecule has 0 fully saturated rings. The van der Waals surface area contributed by atoms with E-state index in [4.69, 9.17) is 0 Å². The average Bonchev–Trinajstić information content (AvgIpc) is 2.57. The van der Waals surface area contributed by atoms with Gasteiger partial charge in [-0.2, -0.15) is 8.78 Å². The second-order valence-electron chi connectivity index (χ2n) is 6.17. The van der Waals surface area contributed by atoms with Gasteiger partial charge in [0.1, 0.15) is 0 Å². The van der Waals surface area contributed by atoms with Crippen LogP contribution < -0.4 is 4.90 Å². The van der Waals surface area contributed by atoms with Crippen LogP contribution in [-0.4, -0.2) is 13.1 Å². The molecule has 138 valence electrons. The molecule has 1 N–H and O–H groups in total. The van der Waals surface area contributed by atoms with Crippen LogP contribution in [0.2, 0.25) is 0 Å². The number of hydrogen-bond acceptors (Lipinski definition) is 0. The van der Waals surface area contributed by atoms with Crippen LogP contribution in [0.3, 0.4) is 0 Å². The van der Waals surface area contributed by atoms with Gasteiger partial charge < -0.3 is 0 Å². The Labute approximate surface area is 140 Å². The minimum absolute atomic E-state index is 0.318. The minimum atomic E-state index is -2.10. The van der Waals surface area contributed by atoms with Crippen LogP contribution in [0.15, 0.2) is 0 Å². The van der Waals surface area contributed by atoms with Gasteiger partial charge in [-0.25, -0.2) is 13.2 Å². The van der Waals surface area contributed by atoms with Gasteiger partial charge in [0.2, 0.25) is 34.8 Å². The Hall–Kier alpha value is -1.17. The van der Waals surface area contributed by atoms with Crippen molar-refractivity contribution in [2.45, 2.75) is 65.2 Å². The van der Waals surface area contributed by atoms with E-state index in [1.165, 1.54) is 12.8 Å². The van der Waals surface area contributed by atoms with E-state index < -0.39 is 34.8 Å². The van der Waals surface area contributed by atoms with Crippen molar-refractivity contribution in [1.82, 2.24) is 0 Å². The Morgan fingerprint density at radius 1 is 0.542 bits per heavy atom. The Bertz CT molecular complexity index is 490. The molecule has 0 amide bonds. The summed E-state index contributed by atoms with van der Waals surface area (Å²) in [4.78, 5) is 0.318. The van der Waals surface area contributed by atoms with E-state index in [9.17, 15) is 22.0 Å². The summed E-state index contributed by atoms with van der Waals surface area (Å²) in [6.45, 7) is 4.64. The van der Waals surface area contributed by atoms with Crippen LogP contribution >= 0.6 is 0 Å². The fraction of sp³-hybridized carbons (Fsp3) is 0.667. The number of quaternary nitrogens is 1. The van der Waals surface area contributed by atoms with Gasteiger partial charge in [0.05, 0.1) is 13.1 Å². The highest BCUT2D eigenvalue weighted by Crippen LogP contribution is 2.24. The summed E-state index contributed by atoms with van der Waals surface area (Å²) in [5, 5.41) is 0. The van der Waals surface area contributed by atoms with Crippen molar-refractivity contribution in [3.05, 3.63) is 29.1 Å². The average molecular weight is 352 g/mol. The summed E-state index contributed by atoms with van der Waals surface area (Å²) in [5.74, 6) is -9.25. The molecular formula is C18H27F5N+. The topological polar surface area (TPSA) is 4.44 Å². The molecule has 0 aliphatic rings. The summed E-state index contributed by atoms with van der Waals surface area (Å²) in [5.41, 5.74) is -0.723. The number of benzene rings is 1. The monoisotopic (exact) mass is 352 g/mol. The molecular weight excluding hydrogens is 325 g/mol. The van der Waals surface area contributed by atoms with Crippen molar-refractivity contribution in [1.29, 1.82) is 0 Å². The maximum absolute atomic E-state index is 13.9. The van der Waals surface area contributed by atoms with Gasteiger partial charge in [-0.1, -0.05) is 46.0 Å². The van der Waals surface area contributed by atoms with Gasteiger partial charge in [0, 0.05) is 0 Å². The van der Waals surface area contributed by atoms with E-state index in [2.05, 4.69) is 6.92 Å². The van der Waals surface area contributed by atoms with Gasteiger partial charge in [-0.05, 0) is 19.3 Å². The number of nitrogens with one attached hydrogen (secondary N) is 1. The molecule has 0 spiro atoms. The second-order valence-corrected chi connectivity index (χ2v) is 6.17. The van der Waals surface area contributed by atoms with E-state index >= 15 is 0 Å². The molecule has 0 saturated heterocycles. The first-order valence-electron chi connectivity index (χ1n) is 8.82. The molecule has 6 heteroatoms. The highest BCUT2D eigenvalue weighted by Gasteiger charge is 2.32. The van der Waals surface area contributed by atoms with Crippen molar-refractivity contribution in [3.8, 4) is 0 Å². The van der Waals surface area contributed by atoms with Crippen molar-refractivity contribution in [2.75, 3.05) is 13.1 Å². The Balaban J connectivity index is 2.75. The Morgan fingerprint density at radius 2 is 1.00 bits per heavy atom. The molecule has 0 aliphatic heterocycles. The van der Waals surface area contributed by atoms with Crippen LogP contribution in [0.25, 0.3) is 0 Å². The largest absolute Gasteiger partial charge is 0.297 e. The quantitative estimate of drug-likeness (QED) is 0.246. The van der Waals surface area contributed by atoms with E-state index in [0.717, 1.165) is 25.7 Å². The molecule has 1 nitrogen and oxygen atoms in total. The highest BCUT2D eigenvalue weighted by atomic mass is 19.2. The predicted molar refractivity (Wildman–Crippen MR) is 84.9 cm³/mol. The summed E-state index contributed by atoms with van der Waals surface area (Å²) < 4.78 is 67.8. The Morgan fingerprint density at radius 3 is 1.50 bits per heavy atom. The first-order chi connectivity index (χ1) is 11.5. The molecule has 0 aliphatic carbocycles. The van der Waals surface area contributed by atoms with Crippen molar-refractivity contribution in [3.63, 3.8) is 0 Å². The SMILES string of the molecule is CCCCCCCCC[NH+](CCC)c1c(F)c(F)c(F)c(F)c1F. The molecule has 0 saturated carbocycles. The summed E-state index contributed by atoms with van der Waals surface area (Å²) in [6.07, 6.45) is 7.83. The van der Waals surface area contributed by atoms with E-state index in [1.54, 1.807) is 0 Å². The molecule has 1 atom stereocenters. The van der Waals surface area contributed by atoms with Crippen molar-refractivity contribution in [2.24, 2.45) is 0 Å². The lowest BCUT2D eigenvalue weighted by atomic mass is 10.1. The molecule has 1 unspecified atom stereocenters. The fourth-order valence-corrected chi connectivity index (χ4v) is 2.89. The molecule has 0 bridgehead atoms. The lowest BCUT2D eigenvalue weighted by Gasteiger charge is -2.20. The molecule has 24 heavy (non-hydrogen) atoms. The van der Waals surface area contributed by atoms with Gasteiger partial charge in [-0.3, -0.25) is 4.90 Å². The lowest BCUT2D eigenvalue weighted by molar-refractivity contribution is -0.835. The zero-order chi connectivity index (χ0) is 18.1. The second kappa shape index (κ2) is 10.6. The molecule has 0 aromatic heterocycles. The van der Waals surface area contributed by atoms with Gasteiger partial charge in [0.15, 0.2) is 0 Å². The summed E-state index contributed by atoms with van der Waals surface area (Å²) >= 11 is 0. The minimum Gasteiger partial charge on any atom is -0.297 e. The number of hydrogen-bond donors (Lipinski definition) is 1. The molecule has 1 rings (SSSR count). The third-order valence-electron chi connectivity index (χ3n) is 4.20.